The standard InChI is InChI=1S/C9H11BrN2O/c1-2-3-6-4-8(10)7(5-12-6)9(11)13/h4-5H,2-3H2,1H3,(H2,11,13). The largest absolute Gasteiger partial charge is 0.366 e. The van der Waals surface area contributed by atoms with Crippen LogP contribution in [0.25, 0.3) is 0 Å². The van der Waals surface area contributed by atoms with Gasteiger partial charge in [-0.25, -0.2) is 0 Å². The fourth-order valence-corrected chi connectivity index (χ4v) is 1.61. The number of amides is 1. The molecule has 0 bridgehead atoms. The van der Waals surface area contributed by atoms with Gasteiger partial charge in [0.2, 0.25) is 0 Å². The molecular weight excluding hydrogens is 232 g/mol. The Kier molecular flexibility index (Phi) is 3.42. The highest BCUT2D eigenvalue weighted by atomic mass is 79.9. The molecule has 0 aliphatic rings. The maximum atomic E-state index is 10.8. The third-order valence-corrected chi connectivity index (χ3v) is 2.34. The van der Waals surface area contributed by atoms with Gasteiger partial charge in [0.15, 0.2) is 0 Å². The smallest absolute Gasteiger partial charge is 0.251 e. The first-order chi connectivity index (χ1) is 6.15. The zero-order valence-electron chi connectivity index (χ0n) is 7.38. The molecule has 0 atom stereocenters. The van der Waals surface area contributed by atoms with Crippen LogP contribution in [-0.2, 0) is 6.42 Å². The van der Waals surface area contributed by atoms with E-state index in [1.807, 2.05) is 6.07 Å². The SMILES string of the molecule is CCCc1cc(Br)c(C(N)=O)cn1. The molecule has 1 aromatic rings. The van der Waals surface area contributed by atoms with Crippen molar-refractivity contribution in [1.29, 1.82) is 0 Å². The molecule has 0 aliphatic heterocycles. The van der Waals surface area contributed by atoms with Gasteiger partial charge in [0.05, 0.1) is 5.56 Å². The number of nitrogens with two attached hydrogens (primary N) is 1. The van der Waals surface area contributed by atoms with Crippen molar-refractivity contribution < 1.29 is 4.79 Å². The van der Waals surface area contributed by atoms with Gasteiger partial charge in [-0.15, -0.1) is 0 Å². The number of hydrogen-bond acceptors (Lipinski definition) is 2. The van der Waals surface area contributed by atoms with Crippen molar-refractivity contribution in [2.24, 2.45) is 5.73 Å². The van der Waals surface area contributed by atoms with Gasteiger partial charge in [-0.3, -0.25) is 9.78 Å². The van der Waals surface area contributed by atoms with E-state index in [0.29, 0.717) is 5.56 Å². The van der Waals surface area contributed by atoms with E-state index < -0.39 is 5.91 Å². The summed E-state index contributed by atoms with van der Waals surface area (Å²) in [5, 5.41) is 0. The molecule has 2 N–H and O–H groups in total. The summed E-state index contributed by atoms with van der Waals surface area (Å²) in [6, 6.07) is 1.84. The van der Waals surface area contributed by atoms with Crippen LogP contribution in [0.3, 0.4) is 0 Å². The van der Waals surface area contributed by atoms with E-state index in [1.54, 1.807) is 0 Å². The summed E-state index contributed by atoms with van der Waals surface area (Å²) in [5.74, 6) is -0.456. The molecule has 3 nitrogen and oxygen atoms in total. The minimum absolute atomic E-state index is 0.430. The number of aromatic nitrogens is 1. The molecule has 70 valence electrons. The van der Waals surface area contributed by atoms with Gasteiger partial charge in [-0.05, 0) is 28.4 Å². The van der Waals surface area contributed by atoms with Crippen molar-refractivity contribution in [2.75, 3.05) is 0 Å². The summed E-state index contributed by atoms with van der Waals surface area (Å²) in [6.07, 6.45) is 3.46. The molecule has 0 fully saturated rings. The van der Waals surface area contributed by atoms with E-state index in [9.17, 15) is 4.79 Å². The maximum absolute atomic E-state index is 10.8. The number of primary amides is 1. The fraction of sp³-hybridized carbons (Fsp3) is 0.333. The number of nitrogens with zero attached hydrogens (tertiary/aromatic N) is 1. The molecule has 0 aliphatic carbocycles. The number of halogens is 1. The third-order valence-electron chi connectivity index (χ3n) is 1.68. The first-order valence-electron chi connectivity index (χ1n) is 4.09. The average molecular weight is 243 g/mol. The minimum Gasteiger partial charge on any atom is -0.366 e. The zero-order chi connectivity index (χ0) is 9.84. The van der Waals surface area contributed by atoms with E-state index in [1.165, 1.54) is 6.20 Å². The van der Waals surface area contributed by atoms with E-state index >= 15 is 0 Å². The Hall–Kier alpha value is -0.900. The van der Waals surface area contributed by atoms with Gasteiger partial charge >= 0.3 is 0 Å². The topological polar surface area (TPSA) is 56.0 Å². The normalized spacial score (nSPS) is 10.0. The van der Waals surface area contributed by atoms with E-state index in [0.717, 1.165) is 23.0 Å². The Balaban J connectivity index is 2.98. The maximum Gasteiger partial charge on any atom is 0.251 e. The van der Waals surface area contributed by atoms with E-state index in [-0.39, 0.29) is 0 Å². The number of rotatable bonds is 3. The molecule has 13 heavy (non-hydrogen) atoms. The van der Waals surface area contributed by atoms with Crippen LogP contribution < -0.4 is 5.73 Å². The lowest BCUT2D eigenvalue weighted by atomic mass is 10.2. The second-order valence-electron chi connectivity index (χ2n) is 2.77. The Morgan fingerprint density at radius 2 is 2.38 bits per heavy atom. The molecule has 0 aromatic carbocycles. The van der Waals surface area contributed by atoms with Crippen LogP contribution in [0.5, 0.6) is 0 Å². The predicted molar refractivity (Wildman–Crippen MR) is 54.4 cm³/mol. The summed E-state index contributed by atoms with van der Waals surface area (Å²) >= 11 is 3.28. The number of hydrogen-bond donors (Lipinski definition) is 1. The third kappa shape index (κ3) is 2.52. The first-order valence-corrected chi connectivity index (χ1v) is 4.88. The molecule has 1 rings (SSSR count). The summed E-state index contributed by atoms with van der Waals surface area (Å²) in [4.78, 5) is 15.0. The van der Waals surface area contributed by atoms with E-state index in [2.05, 4.69) is 27.8 Å². The van der Waals surface area contributed by atoms with Gasteiger partial charge in [0.25, 0.3) is 5.91 Å². The first kappa shape index (κ1) is 10.2. The molecule has 1 heterocycles. The fourth-order valence-electron chi connectivity index (χ4n) is 1.04. The Morgan fingerprint density at radius 3 is 2.85 bits per heavy atom. The van der Waals surface area contributed by atoms with Crippen molar-refractivity contribution in [3.05, 3.63) is 28.0 Å². The minimum atomic E-state index is -0.456. The lowest BCUT2D eigenvalue weighted by Crippen LogP contribution is -2.12. The Bertz CT molecular complexity index is 325. The molecule has 4 heteroatoms. The molecule has 0 radical (unpaired) electrons. The Morgan fingerprint density at radius 1 is 1.69 bits per heavy atom. The van der Waals surface area contributed by atoms with Gasteiger partial charge < -0.3 is 5.73 Å². The molecule has 1 amide bonds. The highest BCUT2D eigenvalue weighted by Crippen LogP contribution is 2.16. The lowest BCUT2D eigenvalue weighted by molar-refractivity contribution is 0.0999. The van der Waals surface area contributed by atoms with Crippen LogP contribution in [0.15, 0.2) is 16.7 Å². The summed E-state index contributed by atoms with van der Waals surface area (Å²) < 4.78 is 0.721. The second kappa shape index (κ2) is 4.37. The van der Waals surface area contributed by atoms with Crippen molar-refractivity contribution in [2.45, 2.75) is 19.8 Å². The van der Waals surface area contributed by atoms with Crippen molar-refractivity contribution in [1.82, 2.24) is 4.98 Å². The summed E-state index contributed by atoms with van der Waals surface area (Å²) in [7, 11) is 0. The number of aryl methyl sites for hydroxylation is 1. The van der Waals surface area contributed by atoms with Gasteiger partial charge in [-0.2, -0.15) is 0 Å². The van der Waals surface area contributed by atoms with Crippen LogP contribution >= 0.6 is 15.9 Å². The van der Waals surface area contributed by atoms with Crippen molar-refractivity contribution in [3.63, 3.8) is 0 Å². The lowest BCUT2D eigenvalue weighted by Gasteiger charge is -2.02. The molecule has 1 aromatic heterocycles. The van der Waals surface area contributed by atoms with Crippen LogP contribution in [0, 0.1) is 0 Å². The quantitative estimate of drug-likeness (QED) is 0.881. The molecule has 0 saturated carbocycles. The van der Waals surface area contributed by atoms with Crippen LogP contribution in [0.1, 0.15) is 29.4 Å². The van der Waals surface area contributed by atoms with Crippen molar-refractivity contribution in [3.8, 4) is 0 Å². The molecule has 0 spiro atoms. The Labute approximate surface area is 85.5 Å². The highest BCUT2D eigenvalue weighted by Gasteiger charge is 2.06. The zero-order valence-corrected chi connectivity index (χ0v) is 8.97. The van der Waals surface area contributed by atoms with Gasteiger partial charge in [0.1, 0.15) is 0 Å². The highest BCUT2D eigenvalue weighted by molar-refractivity contribution is 9.10. The van der Waals surface area contributed by atoms with E-state index in [4.69, 9.17) is 5.73 Å². The summed E-state index contributed by atoms with van der Waals surface area (Å²) in [5.41, 5.74) is 6.53. The van der Waals surface area contributed by atoms with Crippen LogP contribution in [-0.4, -0.2) is 10.9 Å². The van der Waals surface area contributed by atoms with Crippen LogP contribution in [0.2, 0.25) is 0 Å². The van der Waals surface area contributed by atoms with Crippen molar-refractivity contribution >= 4 is 21.8 Å². The van der Waals surface area contributed by atoms with Gasteiger partial charge in [0, 0.05) is 16.4 Å². The second-order valence-corrected chi connectivity index (χ2v) is 3.62. The molecule has 0 saturated heterocycles. The number of carbonyl (C=O) groups is 1. The predicted octanol–water partition coefficient (Wildman–Crippen LogP) is 1.90. The molecule has 0 unspecified atom stereocenters. The monoisotopic (exact) mass is 242 g/mol. The summed E-state index contributed by atoms with van der Waals surface area (Å²) in [6.45, 7) is 2.08. The molecular formula is C9H11BrN2O. The number of pyridine rings is 1. The average Bonchev–Trinajstić information content (AvgIpc) is 2.04. The number of carbonyl (C=O) groups excluding carboxylic acids is 1. The van der Waals surface area contributed by atoms with Crippen LogP contribution in [0.4, 0.5) is 0 Å². The van der Waals surface area contributed by atoms with Gasteiger partial charge in [-0.1, -0.05) is 13.3 Å².